The van der Waals surface area contributed by atoms with E-state index in [2.05, 4.69) is 25.6 Å². The van der Waals surface area contributed by atoms with Crippen LogP contribution in [0.25, 0.3) is 0 Å². The third-order valence-corrected chi connectivity index (χ3v) is 3.35. The average Bonchev–Trinajstić information content (AvgIpc) is 2.47. The van der Waals surface area contributed by atoms with Gasteiger partial charge in [-0.05, 0) is 31.4 Å². The zero-order chi connectivity index (χ0) is 15.2. The van der Waals surface area contributed by atoms with Crippen LogP contribution < -0.4 is 10.6 Å². The Balaban J connectivity index is 1.89. The van der Waals surface area contributed by atoms with E-state index in [4.69, 9.17) is 16.3 Å². The normalized spacial score (nSPS) is 15.7. The molecule has 1 amide bonds. The Labute approximate surface area is 128 Å². The molecule has 0 spiro atoms. The van der Waals surface area contributed by atoms with Crippen LogP contribution in [0.2, 0.25) is 5.28 Å². The fourth-order valence-corrected chi connectivity index (χ4v) is 2.29. The van der Waals surface area contributed by atoms with Gasteiger partial charge in [-0.25, -0.2) is 4.79 Å². The molecule has 9 heteroatoms. The molecule has 0 aliphatic carbocycles. The van der Waals surface area contributed by atoms with Crippen LogP contribution in [0.1, 0.15) is 19.8 Å². The van der Waals surface area contributed by atoms with E-state index in [1.54, 1.807) is 18.9 Å². The van der Waals surface area contributed by atoms with Crippen molar-refractivity contribution in [3.63, 3.8) is 0 Å². The van der Waals surface area contributed by atoms with Crippen molar-refractivity contribution >= 4 is 29.6 Å². The summed E-state index contributed by atoms with van der Waals surface area (Å²) in [7, 11) is 1.72. The van der Waals surface area contributed by atoms with Crippen molar-refractivity contribution in [3.8, 4) is 0 Å². The van der Waals surface area contributed by atoms with Crippen LogP contribution in [0.3, 0.4) is 0 Å². The minimum absolute atomic E-state index is 0.140. The van der Waals surface area contributed by atoms with E-state index in [0.717, 1.165) is 12.8 Å². The number of ether oxygens (including phenoxy) is 1. The lowest BCUT2D eigenvalue weighted by molar-refractivity contribution is 0.0983. The first-order chi connectivity index (χ1) is 10.1. The van der Waals surface area contributed by atoms with Gasteiger partial charge in [-0.1, -0.05) is 0 Å². The lowest BCUT2D eigenvalue weighted by Gasteiger charge is -2.31. The summed E-state index contributed by atoms with van der Waals surface area (Å²) in [5.41, 5.74) is 0. The number of hydrogen-bond donors (Lipinski definition) is 2. The maximum atomic E-state index is 11.6. The topological polar surface area (TPSA) is 92.3 Å². The van der Waals surface area contributed by atoms with Crippen molar-refractivity contribution in [2.75, 3.05) is 37.4 Å². The Hall–Kier alpha value is -1.83. The summed E-state index contributed by atoms with van der Waals surface area (Å²) in [5.74, 6) is 0.857. The fraction of sp³-hybridized carbons (Fsp3) is 0.667. The molecule has 2 N–H and O–H groups in total. The highest BCUT2D eigenvalue weighted by Gasteiger charge is 2.24. The molecule has 0 unspecified atom stereocenters. The minimum Gasteiger partial charge on any atom is -0.450 e. The molecule has 21 heavy (non-hydrogen) atoms. The summed E-state index contributed by atoms with van der Waals surface area (Å²) in [5, 5.41) is 6.19. The number of carbonyl (C=O) groups is 1. The first kappa shape index (κ1) is 15.6. The number of nitrogens with zero attached hydrogens (tertiary/aromatic N) is 4. The van der Waals surface area contributed by atoms with E-state index in [1.807, 2.05) is 0 Å². The zero-order valence-electron chi connectivity index (χ0n) is 12.1. The van der Waals surface area contributed by atoms with Gasteiger partial charge in [0.05, 0.1) is 6.61 Å². The van der Waals surface area contributed by atoms with Gasteiger partial charge in [-0.15, -0.1) is 0 Å². The molecule has 1 aromatic heterocycles. The number of piperidine rings is 1. The number of anilines is 2. The lowest BCUT2D eigenvalue weighted by atomic mass is 10.1. The zero-order valence-corrected chi connectivity index (χ0v) is 12.9. The predicted octanol–water partition coefficient (Wildman–Crippen LogP) is 1.60. The van der Waals surface area contributed by atoms with Gasteiger partial charge in [0.15, 0.2) is 0 Å². The van der Waals surface area contributed by atoms with Crippen molar-refractivity contribution in [1.29, 1.82) is 0 Å². The van der Waals surface area contributed by atoms with Gasteiger partial charge in [0, 0.05) is 26.2 Å². The van der Waals surface area contributed by atoms with E-state index in [1.165, 1.54) is 0 Å². The Morgan fingerprint density at radius 3 is 2.62 bits per heavy atom. The van der Waals surface area contributed by atoms with Crippen molar-refractivity contribution in [1.82, 2.24) is 19.9 Å². The van der Waals surface area contributed by atoms with Crippen LogP contribution in [0.4, 0.5) is 16.7 Å². The highest BCUT2D eigenvalue weighted by Crippen LogP contribution is 2.16. The third-order valence-electron chi connectivity index (χ3n) is 3.19. The molecule has 1 fully saturated rings. The number of likely N-dealkylation sites (tertiary alicyclic amines) is 1. The highest BCUT2D eigenvalue weighted by atomic mass is 35.5. The van der Waals surface area contributed by atoms with Crippen LogP contribution in [0, 0.1) is 0 Å². The maximum absolute atomic E-state index is 11.6. The van der Waals surface area contributed by atoms with Gasteiger partial charge < -0.3 is 20.3 Å². The van der Waals surface area contributed by atoms with E-state index in [0.29, 0.717) is 31.6 Å². The van der Waals surface area contributed by atoms with Gasteiger partial charge in [-0.2, -0.15) is 15.0 Å². The fourth-order valence-electron chi connectivity index (χ4n) is 2.13. The summed E-state index contributed by atoms with van der Waals surface area (Å²) in [6.45, 7) is 3.49. The van der Waals surface area contributed by atoms with Gasteiger partial charge in [0.2, 0.25) is 17.2 Å². The molecular formula is C12H19ClN6O2. The van der Waals surface area contributed by atoms with Crippen LogP contribution in [0.15, 0.2) is 0 Å². The second-order valence-electron chi connectivity index (χ2n) is 4.61. The summed E-state index contributed by atoms with van der Waals surface area (Å²) >= 11 is 5.83. The molecule has 0 atom stereocenters. The number of rotatable bonds is 4. The third kappa shape index (κ3) is 4.32. The number of halogens is 1. The van der Waals surface area contributed by atoms with E-state index >= 15 is 0 Å². The Morgan fingerprint density at radius 1 is 1.33 bits per heavy atom. The van der Waals surface area contributed by atoms with E-state index in [9.17, 15) is 4.79 Å². The van der Waals surface area contributed by atoms with Crippen LogP contribution >= 0.6 is 11.6 Å². The molecule has 1 aromatic rings. The predicted molar refractivity (Wildman–Crippen MR) is 79.6 cm³/mol. The monoisotopic (exact) mass is 314 g/mol. The SMILES string of the molecule is CCOC(=O)N1CCC(Nc2nc(Cl)nc(NC)n2)CC1. The second kappa shape index (κ2) is 7.26. The van der Waals surface area contributed by atoms with E-state index in [-0.39, 0.29) is 17.4 Å². The standard InChI is InChI=1S/C12H19ClN6O2/c1-3-21-12(20)19-6-4-8(5-7-19)15-11-17-9(13)16-10(14-2)18-11/h8H,3-7H2,1-2H3,(H2,14,15,16,17,18). The van der Waals surface area contributed by atoms with Crippen molar-refractivity contribution in [2.45, 2.75) is 25.8 Å². The van der Waals surface area contributed by atoms with E-state index < -0.39 is 0 Å². The van der Waals surface area contributed by atoms with Gasteiger partial charge in [0.25, 0.3) is 0 Å². The first-order valence-electron chi connectivity index (χ1n) is 6.90. The van der Waals surface area contributed by atoms with Crippen molar-refractivity contribution in [3.05, 3.63) is 5.28 Å². The summed E-state index contributed by atoms with van der Waals surface area (Å²) in [6.07, 6.45) is 1.35. The molecule has 0 radical (unpaired) electrons. The summed E-state index contributed by atoms with van der Waals surface area (Å²) in [6, 6.07) is 0.193. The minimum atomic E-state index is -0.253. The number of amides is 1. The smallest absolute Gasteiger partial charge is 0.409 e. The lowest BCUT2D eigenvalue weighted by Crippen LogP contribution is -2.42. The molecule has 0 saturated carbocycles. The highest BCUT2D eigenvalue weighted by molar-refractivity contribution is 6.28. The number of hydrogen-bond acceptors (Lipinski definition) is 7. The molecule has 0 aromatic carbocycles. The molecular weight excluding hydrogens is 296 g/mol. The quantitative estimate of drug-likeness (QED) is 0.872. The van der Waals surface area contributed by atoms with Crippen LogP contribution in [-0.4, -0.2) is 58.7 Å². The van der Waals surface area contributed by atoms with Crippen LogP contribution in [0.5, 0.6) is 0 Å². The number of aromatic nitrogens is 3. The average molecular weight is 315 g/mol. The summed E-state index contributed by atoms with van der Waals surface area (Å²) in [4.78, 5) is 25.5. The summed E-state index contributed by atoms with van der Waals surface area (Å²) < 4.78 is 4.99. The maximum Gasteiger partial charge on any atom is 0.409 e. The second-order valence-corrected chi connectivity index (χ2v) is 4.94. The van der Waals surface area contributed by atoms with Crippen LogP contribution in [-0.2, 0) is 4.74 Å². The Morgan fingerprint density at radius 2 is 2.00 bits per heavy atom. The Bertz CT molecular complexity index is 493. The van der Waals surface area contributed by atoms with Crippen molar-refractivity contribution < 1.29 is 9.53 Å². The molecule has 2 heterocycles. The van der Waals surface area contributed by atoms with Gasteiger partial charge in [0.1, 0.15) is 0 Å². The number of carbonyl (C=O) groups excluding carboxylic acids is 1. The molecule has 1 aliphatic rings. The molecule has 1 aliphatic heterocycles. The van der Waals surface area contributed by atoms with Gasteiger partial charge in [-0.3, -0.25) is 0 Å². The molecule has 2 rings (SSSR count). The van der Waals surface area contributed by atoms with Crippen molar-refractivity contribution in [2.24, 2.45) is 0 Å². The van der Waals surface area contributed by atoms with Gasteiger partial charge >= 0.3 is 6.09 Å². The molecule has 116 valence electrons. The number of nitrogens with one attached hydrogen (secondary N) is 2. The largest absolute Gasteiger partial charge is 0.450 e. The first-order valence-corrected chi connectivity index (χ1v) is 7.27. The molecule has 0 bridgehead atoms. The molecule has 8 nitrogen and oxygen atoms in total. The molecule has 1 saturated heterocycles. The Kier molecular flexibility index (Phi) is 5.38.